The number of nitrogens with one attached hydrogen (secondary N) is 1. The first-order chi connectivity index (χ1) is 10.6. The van der Waals surface area contributed by atoms with Crippen molar-refractivity contribution in [1.29, 1.82) is 0 Å². The summed E-state index contributed by atoms with van der Waals surface area (Å²) in [4.78, 5) is 13.0. The van der Waals surface area contributed by atoms with E-state index in [1.165, 1.54) is 4.80 Å². The van der Waals surface area contributed by atoms with Gasteiger partial charge < -0.3 is 10.4 Å². The van der Waals surface area contributed by atoms with Gasteiger partial charge in [-0.15, -0.1) is 10.2 Å². The van der Waals surface area contributed by atoms with E-state index in [0.29, 0.717) is 12.2 Å². The normalized spacial score (nSPS) is 12.1. The van der Waals surface area contributed by atoms with Gasteiger partial charge in [0.15, 0.2) is 0 Å². The molecule has 1 heterocycles. The Labute approximate surface area is 129 Å². The van der Waals surface area contributed by atoms with Gasteiger partial charge in [-0.05, 0) is 18.6 Å². The number of rotatable bonds is 7. The summed E-state index contributed by atoms with van der Waals surface area (Å²) in [6.07, 6.45) is 1.03. The van der Waals surface area contributed by atoms with Crippen LogP contribution in [0.5, 0.6) is 0 Å². The molecule has 7 heteroatoms. The van der Waals surface area contributed by atoms with Crippen molar-refractivity contribution < 1.29 is 9.90 Å². The van der Waals surface area contributed by atoms with Gasteiger partial charge in [0.25, 0.3) is 0 Å². The van der Waals surface area contributed by atoms with Crippen molar-refractivity contribution in [3.05, 3.63) is 29.8 Å². The third-order valence-electron chi connectivity index (χ3n) is 3.20. The molecule has 0 fully saturated rings. The van der Waals surface area contributed by atoms with Crippen LogP contribution in [0, 0.1) is 6.92 Å². The van der Waals surface area contributed by atoms with E-state index >= 15 is 0 Å². The molecule has 1 unspecified atom stereocenters. The maximum absolute atomic E-state index is 11.8. The standard InChI is InChI=1S/C15H21N5O2/c1-3-4-13(21)9-16-14(22)10-20-18-15(17-19-20)12-7-5-11(2)6-8-12/h5-8,13,21H,3-4,9-10H2,1-2H3,(H,16,22). The second-order valence-corrected chi connectivity index (χ2v) is 5.26. The first-order valence-corrected chi connectivity index (χ1v) is 7.38. The fourth-order valence-corrected chi connectivity index (χ4v) is 1.98. The molecule has 1 aromatic heterocycles. The summed E-state index contributed by atoms with van der Waals surface area (Å²) in [5.74, 6) is 0.238. The molecule has 0 radical (unpaired) electrons. The molecule has 7 nitrogen and oxygen atoms in total. The topological polar surface area (TPSA) is 92.9 Å². The molecule has 0 aliphatic carbocycles. The molecule has 118 valence electrons. The molecule has 0 saturated heterocycles. The number of carbonyl (C=O) groups excluding carboxylic acids is 1. The Morgan fingerprint density at radius 1 is 1.36 bits per heavy atom. The van der Waals surface area contributed by atoms with Crippen LogP contribution in [0.3, 0.4) is 0 Å². The minimum atomic E-state index is -0.513. The molecule has 22 heavy (non-hydrogen) atoms. The highest BCUT2D eigenvalue weighted by atomic mass is 16.3. The van der Waals surface area contributed by atoms with Gasteiger partial charge in [-0.25, -0.2) is 0 Å². The van der Waals surface area contributed by atoms with Crippen LogP contribution in [-0.4, -0.2) is 43.9 Å². The number of aliphatic hydroxyl groups is 1. The molecule has 1 aromatic carbocycles. The Bertz CT molecular complexity index is 609. The minimum Gasteiger partial charge on any atom is -0.391 e. The zero-order valence-electron chi connectivity index (χ0n) is 12.9. The zero-order valence-corrected chi connectivity index (χ0v) is 12.9. The summed E-state index contributed by atoms with van der Waals surface area (Å²) in [5.41, 5.74) is 2.01. The van der Waals surface area contributed by atoms with Crippen molar-refractivity contribution in [2.45, 2.75) is 39.3 Å². The summed E-state index contributed by atoms with van der Waals surface area (Å²) in [6, 6.07) is 7.77. The number of aromatic nitrogens is 4. The molecule has 1 amide bonds. The third-order valence-corrected chi connectivity index (χ3v) is 3.20. The fraction of sp³-hybridized carbons (Fsp3) is 0.467. The summed E-state index contributed by atoms with van der Waals surface area (Å²) < 4.78 is 0. The predicted octanol–water partition coefficient (Wildman–Crippen LogP) is 0.926. The maximum Gasteiger partial charge on any atom is 0.243 e. The Morgan fingerprint density at radius 2 is 2.09 bits per heavy atom. The highest BCUT2D eigenvalue weighted by molar-refractivity contribution is 5.75. The van der Waals surface area contributed by atoms with E-state index in [-0.39, 0.29) is 19.0 Å². The number of carbonyl (C=O) groups is 1. The highest BCUT2D eigenvalue weighted by Gasteiger charge is 2.10. The van der Waals surface area contributed by atoms with Crippen LogP contribution in [-0.2, 0) is 11.3 Å². The van der Waals surface area contributed by atoms with Gasteiger partial charge >= 0.3 is 0 Å². The van der Waals surface area contributed by atoms with Crippen molar-refractivity contribution in [2.24, 2.45) is 0 Å². The van der Waals surface area contributed by atoms with Crippen LogP contribution in [0.15, 0.2) is 24.3 Å². The van der Waals surface area contributed by atoms with E-state index in [1.54, 1.807) is 0 Å². The summed E-state index contributed by atoms with van der Waals surface area (Å²) in [5, 5.41) is 24.2. The highest BCUT2D eigenvalue weighted by Crippen LogP contribution is 2.13. The average Bonchev–Trinajstić information content (AvgIpc) is 2.95. The van der Waals surface area contributed by atoms with E-state index in [4.69, 9.17) is 0 Å². The molecule has 0 aliphatic heterocycles. The lowest BCUT2D eigenvalue weighted by Crippen LogP contribution is -2.34. The Kier molecular flexibility index (Phi) is 5.60. The van der Waals surface area contributed by atoms with Gasteiger partial charge in [0.2, 0.25) is 11.7 Å². The number of hydrogen-bond donors (Lipinski definition) is 2. The fourth-order valence-electron chi connectivity index (χ4n) is 1.98. The average molecular weight is 303 g/mol. The van der Waals surface area contributed by atoms with E-state index in [9.17, 15) is 9.90 Å². The summed E-state index contributed by atoms with van der Waals surface area (Å²) >= 11 is 0. The quantitative estimate of drug-likeness (QED) is 0.793. The lowest BCUT2D eigenvalue weighted by molar-refractivity contribution is -0.122. The van der Waals surface area contributed by atoms with Crippen LogP contribution < -0.4 is 5.32 Å². The van der Waals surface area contributed by atoms with Crippen molar-refractivity contribution in [3.8, 4) is 11.4 Å². The number of tetrazole rings is 1. The molecule has 0 saturated carbocycles. The zero-order chi connectivity index (χ0) is 15.9. The van der Waals surface area contributed by atoms with Crippen LogP contribution in [0.25, 0.3) is 11.4 Å². The Hall–Kier alpha value is -2.28. The van der Waals surface area contributed by atoms with Crippen LogP contribution in [0.2, 0.25) is 0 Å². The number of aryl methyl sites for hydroxylation is 1. The van der Waals surface area contributed by atoms with E-state index in [1.807, 2.05) is 38.1 Å². The first kappa shape index (κ1) is 16.1. The SMILES string of the molecule is CCCC(O)CNC(=O)Cn1nnc(-c2ccc(C)cc2)n1. The molecule has 1 atom stereocenters. The first-order valence-electron chi connectivity index (χ1n) is 7.38. The van der Waals surface area contributed by atoms with Gasteiger partial charge in [0.05, 0.1) is 6.10 Å². The molecule has 2 aromatic rings. The lowest BCUT2D eigenvalue weighted by atomic mass is 10.1. The predicted molar refractivity (Wildman–Crippen MR) is 81.9 cm³/mol. The Balaban J connectivity index is 1.89. The Morgan fingerprint density at radius 3 is 2.77 bits per heavy atom. The maximum atomic E-state index is 11.8. The summed E-state index contributed by atoms with van der Waals surface area (Å²) in [6.45, 7) is 4.21. The lowest BCUT2D eigenvalue weighted by Gasteiger charge is -2.09. The van der Waals surface area contributed by atoms with Crippen LogP contribution >= 0.6 is 0 Å². The largest absolute Gasteiger partial charge is 0.391 e. The number of aliphatic hydroxyl groups excluding tert-OH is 1. The second kappa shape index (κ2) is 7.65. The van der Waals surface area contributed by atoms with E-state index < -0.39 is 6.10 Å². The number of benzene rings is 1. The molecular formula is C15H21N5O2. The van der Waals surface area contributed by atoms with Crippen LogP contribution in [0.4, 0.5) is 0 Å². The molecule has 2 N–H and O–H groups in total. The van der Waals surface area contributed by atoms with Crippen molar-refractivity contribution in [2.75, 3.05) is 6.54 Å². The van der Waals surface area contributed by atoms with Gasteiger partial charge in [-0.3, -0.25) is 4.79 Å². The smallest absolute Gasteiger partial charge is 0.243 e. The minimum absolute atomic E-state index is 0.0162. The van der Waals surface area contributed by atoms with Crippen molar-refractivity contribution >= 4 is 5.91 Å². The molecule has 2 rings (SSSR count). The monoisotopic (exact) mass is 303 g/mol. The van der Waals surface area contributed by atoms with Crippen LogP contribution in [0.1, 0.15) is 25.3 Å². The van der Waals surface area contributed by atoms with E-state index in [0.717, 1.165) is 17.5 Å². The van der Waals surface area contributed by atoms with Crippen molar-refractivity contribution in [3.63, 3.8) is 0 Å². The third kappa shape index (κ3) is 4.63. The number of amides is 1. The number of nitrogens with zero attached hydrogens (tertiary/aromatic N) is 4. The molecule has 0 aliphatic rings. The van der Waals surface area contributed by atoms with Gasteiger partial charge in [-0.1, -0.05) is 43.2 Å². The molecule has 0 bridgehead atoms. The molecule has 0 spiro atoms. The van der Waals surface area contributed by atoms with Crippen molar-refractivity contribution in [1.82, 2.24) is 25.5 Å². The second-order valence-electron chi connectivity index (χ2n) is 5.26. The summed E-state index contributed by atoms with van der Waals surface area (Å²) in [7, 11) is 0. The van der Waals surface area contributed by atoms with Gasteiger partial charge in [0, 0.05) is 12.1 Å². The van der Waals surface area contributed by atoms with Gasteiger partial charge in [-0.2, -0.15) is 4.80 Å². The van der Waals surface area contributed by atoms with E-state index in [2.05, 4.69) is 20.7 Å². The van der Waals surface area contributed by atoms with Gasteiger partial charge in [0.1, 0.15) is 6.54 Å². The number of hydrogen-bond acceptors (Lipinski definition) is 5. The molecular weight excluding hydrogens is 282 g/mol.